The first kappa shape index (κ1) is 8.54. The van der Waals surface area contributed by atoms with Crippen molar-refractivity contribution in [3.05, 3.63) is 0 Å². The van der Waals surface area contributed by atoms with E-state index in [0.29, 0.717) is 0 Å². The number of hydrogen-bond acceptors (Lipinski definition) is 5. The summed E-state index contributed by atoms with van der Waals surface area (Å²) < 4.78 is 13.3. The second-order valence-electron chi connectivity index (χ2n) is 0.986. The third kappa shape index (κ3) is 2.54. The molecule has 0 aromatic rings. The van der Waals surface area contributed by atoms with Gasteiger partial charge < -0.3 is 10.00 Å². The van der Waals surface area contributed by atoms with Gasteiger partial charge in [0.2, 0.25) is 0 Å². The van der Waals surface area contributed by atoms with Crippen molar-refractivity contribution in [2.24, 2.45) is 0 Å². The van der Waals surface area contributed by atoms with E-state index in [1.165, 1.54) is 0 Å². The first-order chi connectivity index (χ1) is 4.00. The van der Waals surface area contributed by atoms with E-state index in [1.54, 1.807) is 0 Å². The highest BCUT2D eigenvalue weighted by Crippen LogP contribution is 2.40. The van der Waals surface area contributed by atoms with E-state index in [0.717, 1.165) is 5.64 Å². The molecule has 0 saturated heterocycles. The minimum atomic E-state index is -4.71. The van der Waals surface area contributed by atoms with Gasteiger partial charge in [-0.3, -0.25) is 5.21 Å². The Hall–Kier alpha value is -0.460. The zero-order valence-corrected chi connectivity index (χ0v) is 4.91. The first-order valence-corrected chi connectivity index (χ1v) is 3.22. The average Bonchev–Trinajstić information content (AvgIpc) is 1.65. The molecule has 0 saturated carbocycles. The molecular formula is CH4NO6P. The highest BCUT2D eigenvalue weighted by Gasteiger charge is 2.30. The Kier molecular flexibility index (Phi) is 2.75. The van der Waals surface area contributed by atoms with Crippen LogP contribution in [0.5, 0.6) is 0 Å². The molecule has 0 spiro atoms. The summed E-state index contributed by atoms with van der Waals surface area (Å²) in [6, 6.07) is 0. The van der Waals surface area contributed by atoms with Crippen LogP contribution < -0.4 is 5.64 Å². The molecule has 0 heterocycles. The number of hydrogen-bond donors (Lipinski definition) is 4. The maximum Gasteiger partial charge on any atom is 0.453 e. The van der Waals surface area contributed by atoms with Gasteiger partial charge in [0, 0.05) is 0 Å². The Labute approximate surface area is 49.3 Å². The minimum absolute atomic E-state index is 0.795. The van der Waals surface area contributed by atoms with Gasteiger partial charge in [-0.2, -0.15) is 4.62 Å². The SMILES string of the molecule is O=C(O)P(=O)(O)ONO. The molecular weight excluding hydrogens is 153 g/mol. The van der Waals surface area contributed by atoms with Crippen molar-refractivity contribution in [3.63, 3.8) is 0 Å². The lowest BCUT2D eigenvalue weighted by Gasteiger charge is -2.01. The highest BCUT2D eigenvalue weighted by atomic mass is 31.2. The summed E-state index contributed by atoms with van der Waals surface area (Å²) in [5, 5.41) is 15.4. The van der Waals surface area contributed by atoms with Crippen molar-refractivity contribution >= 4 is 13.3 Å². The van der Waals surface area contributed by atoms with Gasteiger partial charge >= 0.3 is 13.3 Å². The second-order valence-corrected chi connectivity index (χ2v) is 2.59. The Morgan fingerprint density at radius 1 is 1.67 bits per heavy atom. The van der Waals surface area contributed by atoms with Crippen molar-refractivity contribution in [1.29, 1.82) is 0 Å². The molecule has 0 aliphatic heterocycles. The van der Waals surface area contributed by atoms with E-state index < -0.39 is 13.3 Å². The largest absolute Gasteiger partial charge is 0.472 e. The van der Waals surface area contributed by atoms with Crippen LogP contribution in [0.1, 0.15) is 0 Å². The highest BCUT2D eigenvalue weighted by molar-refractivity contribution is 7.70. The van der Waals surface area contributed by atoms with E-state index in [2.05, 4.69) is 4.62 Å². The van der Waals surface area contributed by atoms with E-state index >= 15 is 0 Å². The quantitative estimate of drug-likeness (QED) is 0.330. The van der Waals surface area contributed by atoms with E-state index in [-0.39, 0.29) is 0 Å². The van der Waals surface area contributed by atoms with Gasteiger partial charge in [-0.15, -0.1) is 0 Å². The normalized spacial score (nSPS) is 16.7. The molecule has 0 aromatic carbocycles. The van der Waals surface area contributed by atoms with Gasteiger partial charge in [0.25, 0.3) is 0 Å². The summed E-state index contributed by atoms with van der Waals surface area (Å²) in [6.45, 7) is 0. The van der Waals surface area contributed by atoms with Crippen molar-refractivity contribution in [2.45, 2.75) is 0 Å². The number of carbonyl (C=O) groups is 1. The summed E-state index contributed by atoms with van der Waals surface area (Å²) in [5.74, 6) is 0. The van der Waals surface area contributed by atoms with Gasteiger partial charge in [-0.1, -0.05) is 5.64 Å². The van der Waals surface area contributed by atoms with Crippen LogP contribution in [0.15, 0.2) is 0 Å². The molecule has 0 aromatic heterocycles. The van der Waals surface area contributed by atoms with Crippen molar-refractivity contribution in [1.82, 2.24) is 5.64 Å². The number of rotatable bonds is 3. The van der Waals surface area contributed by atoms with Crippen molar-refractivity contribution < 1.29 is 29.2 Å². The molecule has 9 heavy (non-hydrogen) atoms. The summed E-state index contributed by atoms with van der Waals surface area (Å²) in [5.41, 5.74) is -1.24. The lowest BCUT2D eigenvalue weighted by molar-refractivity contribution is -0.0494. The molecule has 4 N–H and O–H groups in total. The molecule has 0 bridgehead atoms. The maximum absolute atomic E-state index is 10.0. The molecule has 8 heteroatoms. The standard InChI is InChI=1S/CH4NO6P/c3-1(4)9(6,7)8-2-5/h2,5H,(H,3,4)(H,6,7). The molecule has 0 fully saturated rings. The fourth-order valence-electron chi connectivity index (χ4n) is 0.0944. The van der Waals surface area contributed by atoms with E-state index in [4.69, 9.17) is 15.2 Å². The van der Waals surface area contributed by atoms with Crippen LogP contribution in [0.25, 0.3) is 0 Å². The summed E-state index contributed by atoms with van der Waals surface area (Å²) in [6.07, 6.45) is 0. The van der Waals surface area contributed by atoms with Crippen molar-refractivity contribution in [2.75, 3.05) is 0 Å². The Bertz CT molecular complexity index is 153. The van der Waals surface area contributed by atoms with Gasteiger partial charge in [0.15, 0.2) is 0 Å². The van der Waals surface area contributed by atoms with Gasteiger partial charge in [-0.05, 0) is 0 Å². The summed E-state index contributed by atoms with van der Waals surface area (Å²) >= 11 is 0. The predicted octanol–water partition coefficient (Wildman–Crippen LogP) is -0.240. The van der Waals surface area contributed by atoms with Crippen LogP contribution in [0.3, 0.4) is 0 Å². The van der Waals surface area contributed by atoms with Crippen LogP contribution in [0.4, 0.5) is 4.79 Å². The van der Waals surface area contributed by atoms with Crippen LogP contribution in [-0.4, -0.2) is 20.9 Å². The smallest absolute Gasteiger partial charge is 0.453 e. The summed E-state index contributed by atoms with van der Waals surface area (Å²) in [4.78, 5) is 17.7. The van der Waals surface area contributed by atoms with Gasteiger partial charge in [-0.25, -0.2) is 9.36 Å². The fourth-order valence-corrected chi connectivity index (χ4v) is 0.283. The predicted molar refractivity (Wildman–Crippen MR) is 23.9 cm³/mol. The molecule has 0 rings (SSSR count). The first-order valence-electron chi connectivity index (χ1n) is 1.64. The summed E-state index contributed by atoms with van der Waals surface area (Å²) in [7, 11) is -4.71. The number of carboxylic acid groups (broad SMARTS) is 1. The van der Waals surface area contributed by atoms with E-state index in [1.807, 2.05) is 0 Å². The van der Waals surface area contributed by atoms with Crippen LogP contribution >= 0.6 is 7.60 Å². The molecule has 1 unspecified atom stereocenters. The maximum atomic E-state index is 10.0. The molecule has 7 nitrogen and oxygen atoms in total. The molecule has 0 radical (unpaired) electrons. The molecule has 1 atom stereocenters. The molecule has 0 aliphatic carbocycles. The Morgan fingerprint density at radius 2 is 2.11 bits per heavy atom. The second kappa shape index (κ2) is 2.90. The minimum Gasteiger partial charge on any atom is -0.472 e. The van der Waals surface area contributed by atoms with Gasteiger partial charge in [0.05, 0.1) is 0 Å². The third-order valence-corrected chi connectivity index (χ3v) is 1.22. The van der Waals surface area contributed by atoms with Crippen LogP contribution in [0, 0.1) is 0 Å². The lowest BCUT2D eigenvalue weighted by Crippen LogP contribution is -2.09. The van der Waals surface area contributed by atoms with Crippen LogP contribution in [0.2, 0.25) is 0 Å². The van der Waals surface area contributed by atoms with Crippen molar-refractivity contribution in [3.8, 4) is 0 Å². The topological polar surface area (TPSA) is 116 Å². The lowest BCUT2D eigenvalue weighted by atomic mass is 11.6. The number of nitrogens with one attached hydrogen (secondary N) is 1. The van der Waals surface area contributed by atoms with Crippen LogP contribution in [-0.2, 0) is 9.19 Å². The zero-order chi connectivity index (χ0) is 7.49. The monoisotopic (exact) mass is 157 g/mol. The molecule has 54 valence electrons. The van der Waals surface area contributed by atoms with Gasteiger partial charge in [0.1, 0.15) is 0 Å². The average molecular weight is 157 g/mol. The molecule has 0 amide bonds. The molecule has 0 aliphatic rings. The Morgan fingerprint density at radius 3 is 2.22 bits per heavy atom. The Balaban J connectivity index is 4.04. The fraction of sp³-hybridized carbons (Fsp3) is 0. The third-order valence-electron chi connectivity index (χ3n) is 0.406. The zero-order valence-electron chi connectivity index (χ0n) is 4.01. The van der Waals surface area contributed by atoms with E-state index in [9.17, 15) is 9.36 Å².